The van der Waals surface area contributed by atoms with Gasteiger partial charge in [0.1, 0.15) is 16.8 Å². The monoisotopic (exact) mass is 287 g/mol. The van der Waals surface area contributed by atoms with E-state index in [2.05, 4.69) is 15.3 Å². The molecule has 0 fully saturated rings. The molecule has 0 aliphatic rings. The predicted molar refractivity (Wildman–Crippen MR) is 71.5 cm³/mol. The first-order chi connectivity index (χ1) is 8.04. The standard InChI is InChI=1S/C11H8Cl3N3/c1-6-15-10(14)5-11(16-6)17-9-4-7(12)2-3-8(9)13/h2-5H,1H3,(H,15,16,17). The van der Waals surface area contributed by atoms with Crippen molar-refractivity contribution in [3.05, 3.63) is 45.3 Å². The molecule has 1 N–H and O–H groups in total. The lowest BCUT2D eigenvalue weighted by Gasteiger charge is -2.08. The van der Waals surface area contributed by atoms with Gasteiger partial charge in [0.2, 0.25) is 0 Å². The number of benzene rings is 1. The second kappa shape index (κ2) is 5.08. The molecule has 1 heterocycles. The van der Waals surface area contributed by atoms with E-state index in [-0.39, 0.29) is 0 Å². The molecule has 88 valence electrons. The first kappa shape index (κ1) is 12.4. The fourth-order valence-electron chi connectivity index (χ4n) is 1.33. The number of rotatable bonds is 2. The maximum Gasteiger partial charge on any atom is 0.135 e. The second-order valence-electron chi connectivity index (χ2n) is 3.37. The summed E-state index contributed by atoms with van der Waals surface area (Å²) >= 11 is 17.8. The molecule has 0 unspecified atom stereocenters. The molecule has 3 nitrogen and oxygen atoms in total. The number of aryl methyl sites for hydroxylation is 1. The Morgan fingerprint density at radius 2 is 1.82 bits per heavy atom. The fourth-order valence-corrected chi connectivity index (χ4v) is 1.89. The van der Waals surface area contributed by atoms with Crippen molar-refractivity contribution in [2.45, 2.75) is 6.92 Å². The lowest BCUT2D eigenvalue weighted by Crippen LogP contribution is -1.97. The molecule has 0 radical (unpaired) electrons. The highest BCUT2D eigenvalue weighted by atomic mass is 35.5. The van der Waals surface area contributed by atoms with Gasteiger partial charge in [-0.2, -0.15) is 0 Å². The number of halogens is 3. The summed E-state index contributed by atoms with van der Waals surface area (Å²) in [5.74, 6) is 1.16. The van der Waals surface area contributed by atoms with Gasteiger partial charge in [0.25, 0.3) is 0 Å². The Bertz CT molecular complexity index is 537. The molecule has 6 heteroatoms. The third-order valence-electron chi connectivity index (χ3n) is 2.00. The van der Waals surface area contributed by atoms with E-state index in [1.807, 2.05) is 0 Å². The van der Waals surface area contributed by atoms with Crippen LogP contribution in [0.15, 0.2) is 24.3 Å². The Morgan fingerprint density at radius 1 is 1.06 bits per heavy atom. The molecule has 0 saturated heterocycles. The van der Waals surface area contributed by atoms with Crippen molar-refractivity contribution in [3.8, 4) is 0 Å². The molecule has 0 spiro atoms. The van der Waals surface area contributed by atoms with Crippen LogP contribution in [0.3, 0.4) is 0 Å². The molecule has 0 saturated carbocycles. The number of hydrogen-bond acceptors (Lipinski definition) is 3. The van der Waals surface area contributed by atoms with Gasteiger partial charge < -0.3 is 5.32 Å². The summed E-state index contributed by atoms with van der Waals surface area (Å²) in [5, 5.41) is 4.56. The number of hydrogen-bond donors (Lipinski definition) is 1. The minimum Gasteiger partial charge on any atom is -0.339 e. The molecule has 0 bridgehead atoms. The molecule has 2 rings (SSSR count). The average Bonchev–Trinajstić information content (AvgIpc) is 2.22. The third-order valence-corrected chi connectivity index (χ3v) is 2.76. The van der Waals surface area contributed by atoms with Crippen molar-refractivity contribution in [1.29, 1.82) is 0 Å². The lowest BCUT2D eigenvalue weighted by molar-refractivity contribution is 1.06. The molecule has 0 aliphatic heterocycles. The van der Waals surface area contributed by atoms with Crippen molar-refractivity contribution in [2.75, 3.05) is 5.32 Å². The summed E-state index contributed by atoms with van der Waals surface area (Å²) in [6, 6.07) is 6.76. The molecule has 17 heavy (non-hydrogen) atoms. The summed E-state index contributed by atoms with van der Waals surface area (Å²) in [7, 11) is 0. The Kier molecular flexibility index (Phi) is 3.72. The van der Waals surface area contributed by atoms with Gasteiger partial charge in [-0.15, -0.1) is 0 Å². The van der Waals surface area contributed by atoms with Gasteiger partial charge in [0.05, 0.1) is 10.7 Å². The zero-order valence-electron chi connectivity index (χ0n) is 8.84. The van der Waals surface area contributed by atoms with Gasteiger partial charge in [-0.25, -0.2) is 9.97 Å². The molecule has 1 aromatic heterocycles. The van der Waals surface area contributed by atoms with E-state index >= 15 is 0 Å². The minimum absolute atomic E-state index is 0.373. The van der Waals surface area contributed by atoms with E-state index < -0.39 is 0 Å². The first-order valence-electron chi connectivity index (χ1n) is 4.78. The van der Waals surface area contributed by atoms with Gasteiger partial charge in [0.15, 0.2) is 0 Å². The highest BCUT2D eigenvalue weighted by Crippen LogP contribution is 2.28. The summed E-state index contributed by atoms with van der Waals surface area (Å²) < 4.78 is 0. The van der Waals surface area contributed by atoms with Crippen LogP contribution < -0.4 is 5.32 Å². The van der Waals surface area contributed by atoms with Crippen molar-refractivity contribution in [3.63, 3.8) is 0 Å². The van der Waals surface area contributed by atoms with Gasteiger partial charge >= 0.3 is 0 Å². The van der Waals surface area contributed by atoms with E-state index in [0.717, 1.165) is 0 Å². The molecule has 0 atom stereocenters. The van der Waals surface area contributed by atoms with Crippen LogP contribution in [0.4, 0.5) is 11.5 Å². The largest absolute Gasteiger partial charge is 0.339 e. The van der Waals surface area contributed by atoms with Crippen LogP contribution in [0.2, 0.25) is 15.2 Å². The predicted octanol–water partition coefficient (Wildman–Crippen LogP) is 4.49. The van der Waals surface area contributed by atoms with Crippen molar-refractivity contribution in [1.82, 2.24) is 9.97 Å². The Hall–Kier alpha value is -1.03. The average molecular weight is 289 g/mol. The number of anilines is 2. The number of nitrogens with one attached hydrogen (secondary N) is 1. The summed E-state index contributed by atoms with van der Waals surface area (Å²) in [6.45, 7) is 1.76. The topological polar surface area (TPSA) is 37.8 Å². The molecule has 0 aliphatic carbocycles. The maximum atomic E-state index is 6.03. The Morgan fingerprint density at radius 3 is 2.53 bits per heavy atom. The quantitative estimate of drug-likeness (QED) is 0.827. The SMILES string of the molecule is Cc1nc(Cl)cc(Nc2cc(Cl)ccc2Cl)n1. The highest BCUT2D eigenvalue weighted by Gasteiger charge is 2.04. The van der Waals surface area contributed by atoms with Crippen molar-refractivity contribution < 1.29 is 0 Å². The molecular weight excluding hydrogens is 281 g/mol. The maximum absolute atomic E-state index is 6.03. The van der Waals surface area contributed by atoms with Crippen LogP contribution in [-0.2, 0) is 0 Å². The van der Waals surface area contributed by atoms with Crippen molar-refractivity contribution >= 4 is 46.3 Å². The molecule has 2 aromatic rings. The second-order valence-corrected chi connectivity index (χ2v) is 4.60. The Balaban J connectivity index is 2.34. The zero-order valence-corrected chi connectivity index (χ0v) is 11.1. The third kappa shape index (κ3) is 3.22. The van der Waals surface area contributed by atoms with Gasteiger partial charge in [-0.3, -0.25) is 0 Å². The number of aromatic nitrogens is 2. The fraction of sp³-hybridized carbons (Fsp3) is 0.0909. The summed E-state index contributed by atoms with van der Waals surface area (Å²) in [4.78, 5) is 8.16. The van der Waals surface area contributed by atoms with Crippen LogP contribution in [0, 0.1) is 6.92 Å². The van der Waals surface area contributed by atoms with E-state index in [9.17, 15) is 0 Å². The van der Waals surface area contributed by atoms with Gasteiger partial charge in [-0.05, 0) is 25.1 Å². The molecule has 0 amide bonds. The van der Waals surface area contributed by atoms with Crippen LogP contribution in [-0.4, -0.2) is 9.97 Å². The van der Waals surface area contributed by atoms with Crippen LogP contribution in [0.25, 0.3) is 0 Å². The van der Waals surface area contributed by atoms with E-state index in [1.54, 1.807) is 31.2 Å². The van der Waals surface area contributed by atoms with Crippen LogP contribution in [0.5, 0.6) is 0 Å². The zero-order chi connectivity index (χ0) is 12.4. The smallest absolute Gasteiger partial charge is 0.135 e. The summed E-state index contributed by atoms with van der Waals surface area (Å²) in [5.41, 5.74) is 0.674. The minimum atomic E-state index is 0.373. The van der Waals surface area contributed by atoms with E-state index in [4.69, 9.17) is 34.8 Å². The first-order valence-corrected chi connectivity index (χ1v) is 5.91. The number of nitrogens with zero attached hydrogens (tertiary/aromatic N) is 2. The van der Waals surface area contributed by atoms with E-state index in [0.29, 0.717) is 32.5 Å². The normalized spacial score (nSPS) is 10.4. The summed E-state index contributed by atoms with van der Waals surface area (Å²) in [6.07, 6.45) is 0. The van der Waals surface area contributed by atoms with E-state index in [1.165, 1.54) is 0 Å². The Labute approximate surface area is 114 Å². The molecular formula is C11H8Cl3N3. The van der Waals surface area contributed by atoms with Crippen LogP contribution >= 0.6 is 34.8 Å². The molecule has 1 aromatic carbocycles. The lowest BCUT2D eigenvalue weighted by atomic mass is 10.3. The highest BCUT2D eigenvalue weighted by molar-refractivity contribution is 6.35. The van der Waals surface area contributed by atoms with Crippen molar-refractivity contribution in [2.24, 2.45) is 0 Å². The van der Waals surface area contributed by atoms with Gasteiger partial charge in [-0.1, -0.05) is 34.8 Å². The van der Waals surface area contributed by atoms with Gasteiger partial charge in [0, 0.05) is 11.1 Å². The van der Waals surface area contributed by atoms with Crippen LogP contribution in [0.1, 0.15) is 5.82 Å².